The highest BCUT2D eigenvalue weighted by molar-refractivity contribution is 7.17. The van der Waals surface area contributed by atoms with Crippen molar-refractivity contribution in [2.45, 2.75) is 38.7 Å². The number of halogens is 1. The standard InChI is InChI=1S/C23H24FN5O4S/c1-12-8-15(18-17(31-3)10-26-13(2)19(18)24)16(9-25-12)20(30)27-21-28-29-22(34-21)33-23(5-6-23)14-4-7-32-11-14/h8-10,14H,4-7,11H2,1-3H3,(H,27,28,30)/t14-/m1/s1. The highest BCUT2D eigenvalue weighted by Crippen LogP contribution is 2.49. The van der Waals surface area contributed by atoms with Crippen molar-refractivity contribution in [2.24, 2.45) is 5.92 Å². The number of rotatable bonds is 7. The highest BCUT2D eigenvalue weighted by atomic mass is 32.1. The third-order valence-corrected chi connectivity index (χ3v) is 6.98. The highest BCUT2D eigenvalue weighted by Gasteiger charge is 2.53. The van der Waals surface area contributed by atoms with Crippen molar-refractivity contribution in [1.82, 2.24) is 20.2 Å². The fourth-order valence-corrected chi connectivity index (χ4v) is 4.91. The van der Waals surface area contributed by atoms with Crippen LogP contribution in [0.4, 0.5) is 9.52 Å². The number of nitrogens with zero attached hydrogens (tertiary/aromatic N) is 4. The Morgan fingerprint density at radius 2 is 2.09 bits per heavy atom. The van der Waals surface area contributed by atoms with Gasteiger partial charge in [0.25, 0.3) is 11.1 Å². The van der Waals surface area contributed by atoms with Gasteiger partial charge < -0.3 is 14.2 Å². The van der Waals surface area contributed by atoms with Gasteiger partial charge in [-0.05, 0) is 50.5 Å². The minimum atomic E-state index is -0.559. The zero-order chi connectivity index (χ0) is 23.9. The molecule has 1 saturated heterocycles. The lowest BCUT2D eigenvalue weighted by molar-refractivity contribution is 0.0905. The van der Waals surface area contributed by atoms with E-state index in [-0.39, 0.29) is 33.3 Å². The summed E-state index contributed by atoms with van der Waals surface area (Å²) in [6.45, 7) is 4.77. The predicted molar refractivity (Wildman–Crippen MR) is 123 cm³/mol. The van der Waals surface area contributed by atoms with Gasteiger partial charge in [0.2, 0.25) is 5.13 Å². The first-order valence-electron chi connectivity index (χ1n) is 11.0. The first kappa shape index (κ1) is 22.6. The van der Waals surface area contributed by atoms with Gasteiger partial charge in [0.1, 0.15) is 11.4 Å². The van der Waals surface area contributed by atoms with Gasteiger partial charge in [-0.15, -0.1) is 5.10 Å². The molecule has 0 bridgehead atoms. The van der Waals surface area contributed by atoms with Crippen LogP contribution in [0.25, 0.3) is 11.1 Å². The van der Waals surface area contributed by atoms with Crippen molar-refractivity contribution in [2.75, 3.05) is 25.6 Å². The smallest absolute Gasteiger partial charge is 0.296 e. The van der Waals surface area contributed by atoms with E-state index >= 15 is 4.39 Å². The molecule has 1 atom stereocenters. The van der Waals surface area contributed by atoms with Crippen molar-refractivity contribution in [1.29, 1.82) is 0 Å². The Labute approximate surface area is 199 Å². The fourth-order valence-electron chi connectivity index (χ4n) is 4.23. The summed E-state index contributed by atoms with van der Waals surface area (Å²) in [5.41, 5.74) is 1.26. The van der Waals surface area contributed by atoms with Crippen molar-refractivity contribution in [3.05, 3.63) is 41.2 Å². The van der Waals surface area contributed by atoms with Crippen LogP contribution >= 0.6 is 11.3 Å². The molecule has 11 heteroatoms. The summed E-state index contributed by atoms with van der Waals surface area (Å²) in [6, 6.07) is 1.64. The summed E-state index contributed by atoms with van der Waals surface area (Å²) in [7, 11) is 1.43. The van der Waals surface area contributed by atoms with Gasteiger partial charge in [-0.1, -0.05) is 5.10 Å². The van der Waals surface area contributed by atoms with Crippen LogP contribution in [0.1, 0.15) is 41.0 Å². The van der Waals surface area contributed by atoms with E-state index in [1.54, 1.807) is 19.9 Å². The number of anilines is 1. The Kier molecular flexibility index (Phi) is 5.90. The van der Waals surface area contributed by atoms with Crippen LogP contribution in [0.2, 0.25) is 0 Å². The number of hydrogen-bond acceptors (Lipinski definition) is 9. The lowest BCUT2D eigenvalue weighted by Gasteiger charge is -2.20. The minimum absolute atomic E-state index is 0.154. The van der Waals surface area contributed by atoms with Crippen molar-refractivity contribution >= 4 is 22.4 Å². The van der Waals surface area contributed by atoms with Crippen LogP contribution in [-0.2, 0) is 4.74 Å². The molecule has 1 N–H and O–H groups in total. The van der Waals surface area contributed by atoms with E-state index in [4.69, 9.17) is 14.2 Å². The summed E-state index contributed by atoms with van der Waals surface area (Å²) in [5.74, 6) is -0.480. The van der Waals surface area contributed by atoms with Gasteiger partial charge >= 0.3 is 0 Å². The number of hydrogen-bond donors (Lipinski definition) is 1. The molecule has 4 heterocycles. The molecule has 2 fully saturated rings. The quantitative estimate of drug-likeness (QED) is 0.536. The zero-order valence-corrected chi connectivity index (χ0v) is 19.9. The number of ether oxygens (including phenoxy) is 3. The van der Waals surface area contributed by atoms with Crippen LogP contribution in [0.3, 0.4) is 0 Å². The molecule has 3 aromatic heterocycles. The summed E-state index contributed by atoms with van der Waals surface area (Å²) < 4.78 is 32.1. The van der Waals surface area contributed by atoms with Crippen LogP contribution in [0.5, 0.6) is 10.9 Å². The number of amides is 1. The van der Waals surface area contributed by atoms with E-state index in [0.717, 1.165) is 37.2 Å². The van der Waals surface area contributed by atoms with Crippen LogP contribution < -0.4 is 14.8 Å². The van der Waals surface area contributed by atoms with Gasteiger partial charge in [-0.25, -0.2) is 4.39 Å². The zero-order valence-electron chi connectivity index (χ0n) is 19.1. The second-order valence-corrected chi connectivity index (χ2v) is 9.47. The van der Waals surface area contributed by atoms with E-state index in [1.807, 2.05) is 0 Å². The maximum atomic E-state index is 15.1. The molecule has 5 rings (SSSR count). The number of nitrogens with one attached hydrogen (secondary N) is 1. The Hall–Kier alpha value is -3.18. The van der Waals surface area contributed by atoms with Crippen molar-refractivity contribution in [3.63, 3.8) is 0 Å². The second-order valence-electron chi connectivity index (χ2n) is 8.53. The molecule has 0 aromatic carbocycles. The first-order valence-corrected chi connectivity index (χ1v) is 11.8. The van der Waals surface area contributed by atoms with Gasteiger partial charge in [0.15, 0.2) is 5.82 Å². The van der Waals surface area contributed by atoms with E-state index in [1.165, 1.54) is 19.5 Å². The number of methoxy groups -OCH3 is 1. The Bertz CT molecular complexity index is 1240. The third-order valence-electron chi connectivity index (χ3n) is 6.27. The Morgan fingerprint density at radius 1 is 1.26 bits per heavy atom. The average molecular weight is 486 g/mol. The van der Waals surface area contributed by atoms with Gasteiger partial charge in [0.05, 0.1) is 36.7 Å². The molecule has 2 aliphatic rings. The predicted octanol–water partition coefficient (Wildman–Crippen LogP) is 3.96. The van der Waals surface area contributed by atoms with Crippen molar-refractivity contribution < 1.29 is 23.4 Å². The summed E-state index contributed by atoms with van der Waals surface area (Å²) in [6.07, 6.45) is 5.73. The largest absolute Gasteiger partial charge is 0.494 e. The van der Waals surface area contributed by atoms with Crippen molar-refractivity contribution in [3.8, 4) is 22.1 Å². The van der Waals surface area contributed by atoms with Gasteiger partial charge in [-0.3, -0.25) is 20.1 Å². The minimum Gasteiger partial charge on any atom is -0.494 e. The lowest BCUT2D eigenvalue weighted by Crippen LogP contribution is -2.29. The number of carbonyl (C=O) groups is 1. The third kappa shape index (κ3) is 4.21. The molecule has 9 nitrogen and oxygen atoms in total. The summed E-state index contributed by atoms with van der Waals surface area (Å²) in [5, 5.41) is 11.6. The van der Waals surface area contributed by atoms with Gasteiger partial charge in [-0.2, -0.15) is 0 Å². The molecule has 0 radical (unpaired) electrons. The SMILES string of the molecule is COc1cnc(C)c(F)c1-c1cc(C)ncc1C(=O)Nc1nnc(OC2([C@@H]3CCOC3)CC2)s1. The molecule has 1 aliphatic carbocycles. The number of aryl methyl sites for hydroxylation is 2. The molecule has 1 aliphatic heterocycles. The van der Waals surface area contributed by atoms with Gasteiger partial charge in [0, 0.05) is 30.0 Å². The molecule has 3 aromatic rings. The maximum Gasteiger partial charge on any atom is 0.296 e. The van der Waals surface area contributed by atoms with E-state index in [0.29, 0.717) is 29.0 Å². The van der Waals surface area contributed by atoms with E-state index in [9.17, 15) is 4.79 Å². The summed E-state index contributed by atoms with van der Waals surface area (Å²) in [4.78, 5) is 21.4. The van der Waals surface area contributed by atoms with E-state index in [2.05, 4.69) is 25.5 Å². The Balaban J connectivity index is 1.39. The first-order chi connectivity index (χ1) is 16.4. The normalized spacial score (nSPS) is 18.5. The lowest BCUT2D eigenvalue weighted by atomic mass is 9.99. The summed E-state index contributed by atoms with van der Waals surface area (Å²) >= 11 is 1.15. The maximum absolute atomic E-state index is 15.1. The fraction of sp³-hybridized carbons (Fsp3) is 0.435. The molecule has 0 unspecified atom stereocenters. The second kappa shape index (κ2) is 8.88. The topological polar surface area (TPSA) is 108 Å². The number of pyridine rings is 2. The van der Waals surface area contributed by atoms with Crippen LogP contribution in [0.15, 0.2) is 18.5 Å². The molecule has 34 heavy (non-hydrogen) atoms. The molecule has 178 valence electrons. The number of carbonyl (C=O) groups excluding carboxylic acids is 1. The average Bonchev–Trinajstić information content (AvgIpc) is 3.20. The molecule has 1 amide bonds. The van der Waals surface area contributed by atoms with Crippen LogP contribution in [-0.4, -0.2) is 52.0 Å². The molecular formula is C23H24FN5O4S. The monoisotopic (exact) mass is 485 g/mol. The molecule has 1 saturated carbocycles. The van der Waals surface area contributed by atoms with E-state index < -0.39 is 11.7 Å². The Morgan fingerprint density at radius 3 is 2.79 bits per heavy atom. The molecular weight excluding hydrogens is 461 g/mol. The number of aromatic nitrogens is 4. The van der Waals surface area contributed by atoms with Crippen LogP contribution in [0, 0.1) is 25.6 Å². The molecule has 0 spiro atoms.